The van der Waals surface area contributed by atoms with Crippen molar-refractivity contribution in [2.24, 2.45) is 0 Å². The van der Waals surface area contributed by atoms with Gasteiger partial charge in [0.2, 0.25) is 0 Å². The average Bonchev–Trinajstić information content (AvgIpc) is 2.94. The molecule has 7 heteroatoms. The van der Waals surface area contributed by atoms with Crippen LogP contribution in [0.5, 0.6) is 0 Å². The molecule has 23 heavy (non-hydrogen) atoms. The van der Waals surface area contributed by atoms with Crippen LogP contribution in [0, 0.1) is 0 Å². The van der Waals surface area contributed by atoms with Crippen LogP contribution in [-0.2, 0) is 6.54 Å². The number of amides is 1. The van der Waals surface area contributed by atoms with Crippen LogP contribution < -0.4 is 5.32 Å². The van der Waals surface area contributed by atoms with Gasteiger partial charge in [-0.15, -0.1) is 0 Å². The molecule has 0 saturated carbocycles. The molecule has 1 N–H and O–H groups in total. The van der Waals surface area contributed by atoms with Crippen LogP contribution in [0.3, 0.4) is 0 Å². The standard InChI is InChI=1S/C16H12Cl2N4O/c17-13-3-1-2-11(8-13)10-22-15(5-7-20-22)21-16(23)12-4-6-19-14(18)9-12/h1-9H,10H2,(H,21,23). The van der Waals surface area contributed by atoms with Crippen molar-refractivity contribution in [3.63, 3.8) is 0 Å². The zero-order chi connectivity index (χ0) is 16.2. The molecule has 2 aromatic heterocycles. The van der Waals surface area contributed by atoms with Crippen LogP contribution >= 0.6 is 23.2 Å². The van der Waals surface area contributed by atoms with Gasteiger partial charge in [0.1, 0.15) is 11.0 Å². The Morgan fingerprint density at radius 3 is 2.78 bits per heavy atom. The number of anilines is 1. The molecule has 3 rings (SSSR count). The van der Waals surface area contributed by atoms with Gasteiger partial charge in [0.05, 0.1) is 12.7 Å². The number of nitrogens with one attached hydrogen (secondary N) is 1. The highest BCUT2D eigenvalue weighted by molar-refractivity contribution is 6.30. The molecule has 1 aromatic carbocycles. The van der Waals surface area contributed by atoms with Crippen molar-refractivity contribution in [1.82, 2.24) is 14.8 Å². The van der Waals surface area contributed by atoms with Crippen LogP contribution in [0.2, 0.25) is 10.2 Å². The monoisotopic (exact) mass is 346 g/mol. The van der Waals surface area contributed by atoms with E-state index in [-0.39, 0.29) is 11.1 Å². The summed E-state index contributed by atoms with van der Waals surface area (Å²) in [5, 5.41) is 7.96. The molecule has 0 fully saturated rings. The minimum absolute atomic E-state index is 0.269. The number of carbonyl (C=O) groups excluding carboxylic acids is 1. The van der Waals surface area contributed by atoms with Crippen LogP contribution in [0.25, 0.3) is 0 Å². The highest BCUT2D eigenvalue weighted by Crippen LogP contribution is 2.15. The number of carbonyl (C=O) groups is 1. The van der Waals surface area contributed by atoms with Crippen LogP contribution in [0.1, 0.15) is 15.9 Å². The lowest BCUT2D eigenvalue weighted by molar-refractivity contribution is 0.102. The van der Waals surface area contributed by atoms with E-state index in [1.54, 1.807) is 23.0 Å². The maximum atomic E-state index is 12.3. The van der Waals surface area contributed by atoms with Crippen molar-refractivity contribution in [2.75, 3.05) is 5.32 Å². The Morgan fingerprint density at radius 1 is 1.13 bits per heavy atom. The summed E-state index contributed by atoms with van der Waals surface area (Å²) in [7, 11) is 0. The first kappa shape index (κ1) is 15.5. The van der Waals surface area contributed by atoms with Crippen LogP contribution in [0.15, 0.2) is 54.9 Å². The van der Waals surface area contributed by atoms with Gasteiger partial charge in [-0.1, -0.05) is 35.3 Å². The lowest BCUT2D eigenvalue weighted by Gasteiger charge is -2.09. The molecule has 0 aliphatic carbocycles. The smallest absolute Gasteiger partial charge is 0.256 e. The molecule has 0 aliphatic heterocycles. The maximum absolute atomic E-state index is 12.3. The number of hydrogen-bond acceptors (Lipinski definition) is 3. The molecule has 0 unspecified atom stereocenters. The molecule has 0 spiro atoms. The van der Waals surface area contributed by atoms with Gasteiger partial charge in [0, 0.05) is 22.8 Å². The molecular weight excluding hydrogens is 335 g/mol. The van der Waals surface area contributed by atoms with Crippen molar-refractivity contribution in [3.05, 3.63) is 76.2 Å². The van der Waals surface area contributed by atoms with E-state index in [4.69, 9.17) is 23.2 Å². The molecule has 0 saturated heterocycles. The number of hydrogen-bond donors (Lipinski definition) is 1. The molecule has 116 valence electrons. The van der Waals surface area contributed by atoms with Gasteiger partial charge in [-0.25, -0.2) is 9.67 Å². The van der Waals surface area contributed by atoms with E-state index in [0.717, 1.165) is 5.56 Å². The molecule has 0 radical (unpaired) electrons. The first-order chi connectivity index (χ1) is 11.1. The quantitative estimate of drug-likeness (QED) is 0.729. The number of halogens is 2. The fraction of sp³-hybridized carbons (Fsp3) is 0.0625. The van der Waals surface area contributed by atoms with Gasteiger partial charge in [0.25, 0.3) is 5.91 Å². The van der Waals surface area contributed by atoms with Crippen molar-refractivity contribution in [1.29, 1.82) is 0 Å². The summed E-state index contributed by atoms with van der Waals surface area (Å²) in [6.45, 7) is 0.500. The SMILES string of the molecule is O=C(Nc1ccnn1Cc1cccc(Cl)c1)c1ccnc(Cl)c1. The number of rotatable bonds is 4. The minimum Gasteiger partial charge on any atom is -0.307 e. The molecular formula is C16H12Cl2N4O. The molecule has 0 bridgehead atoms. The second kappa shape index (κ2) is 6.81. The number of nitrogens with zero attached hydrogens (tertiary/aromatic N) is 3. The van der Waals surface area contributed by atoms with Crippen molar-refractivity contribution >= 4 is 34.9 Å². The lowest BCUT2D eigenvalue weighted by atomic mass is 10.2. The Hall–Kier alpha value is -2.37. The Balaban J connectivity index is 1.77. The van der Waals surface area contributed by atoms with Gasteiger partial charge in [-0.3, -0.25) is 4.79 Å². The second-order valence-corrected chi connectivity index (χ2v) is 5.65. The summed E-state index contributed by atoms with van der Waals surface area (Å²) in [5.74, 6) is 0.310. The summed E-state index contributed by atoms with van der Waals surface area (Å²) < 4.78 is 1.69. The zero-order valence-corrected chi connectivity index (χ0v) is 13.4. The van der Waals surface area contributed by atoms with Gasteiger partial charge in [-0.05, 0) is 29.8 Å². The van der Waals surface area contributed by atoms with E-state index in [9.17, 15) is 4.79 Å². The van der Waals surface area contributed by atoms with E-state index in [1.165, 1.54) is 12.3 Å². The lowest BCUT2D eigenvalue weighted by Crippen LogP contribution is -2.16. The van der Waals surface area contributed by atoms with Gasteiger partial charge >= 0.3 is 0 Å². The fourth-order valence-electron chi connectivity index (χ4n) is 2.11. The number of pyridine rings is 1. The fourth-order valence-corrected chi connectivity index (χ4v) is 2.49. The third-order valence-corrected chi connectivity index (χ3v) is 3.61. The van der Waals surface area contributed by atoms with E-state index in [0.29, 0.717) is 22.9 Å². The van der Waals surface area contributed by atoms with Crippen molar-refractivity contribution in [3.8, 4) is 0 Å². The largest absolute Gasteiger partial charge is 0.307 e. The van der Waals surface area contributed by atoms with Gasteiger partial charge in [0.15, 0.2) is 0 Å². The topological polar surface area (TPSA) is 59.8 Å². The predicted octanol–water partition coefficient (Wildman–Crippen LogP) is 3.89. The first-order valence-electron chi connectivity index (χ1n) is 6.81. The third kappa shape index (κ3) is 3.88. The van der Waals surface area contributed by atoms with E-state index in [2.05, 4.69) is 15.4 Å². The third-order valence-electron chi connectivity index (χ3n) is 3.17. The first-order valence-corrected chi connectivity index (χ1v) is 7.56. The zero-order valence-electron chi connectivity index (χ0n) is 11.9. The number of aromatic nitrogens is 3. The molecule has 1 amide bonds. The Labute approximate surface area is 142 Å². The summed E-state index contributed by atoms with van der Waals surface area (Å²) in [4.78, 5) is 16.1. The predicted molar refractivity (Wildman–Crippen MR) is 90.0 cm³/mol. The highest BCUT2D eigenvalue weighted by atomic mass is 35.5. The molecule has 3 aromatic rings. The molecule has 5 nitrogen and oxygen atoms in total. The number of benzene rings is 1. The van der Waals surface area contributed by atoms with Gasteiger partial charge < -0.3 is 5.32 Å². The molecule has 0 atom stereocenters. The summed E-state index contributed by atoms with van der Waals surface area (Å²) in [5.41, 5.74) is 1.42. The second-order valence-electron chi connectivity index (χ2n) is 4.83. The highest BCUT2D eigenvalue weighted by Gasteiger charge is 2.10. The van der Waals surface area contributed by atoms with E-state index in [1.807, 2.05) is 24.3 Å². The Bertz CT molecular complexity index is 847. The molecule has 0 aliphatic rings. The maximum Gasteiger partial charge on any atom is 0.256 e. The van der Waals surface area contributed by atoms with Crippen molar-refractivity contribution < 1.29 is 4.79 Å². The normalized spacial score (nSPS) is 10.5. The average molecular weight is 347 g/mol. The summed E-state index contributed by atoms with van der Waals surface area (Å²) >= 11 is 11.8. The van der Waals surface area contributed by atoms with Crippen molar-refractivity contribution in [2.45, 2.75) is 6.54 Å². The Kier molecular flexibility index (Phi) is 4.60. The van der Waals surface area contributed by atoms with E-state index >= 15 is 0 Å². The van der Waals surface area contributed by atoms with E-state index < -0.39 is 0 Å². The summed E-state index contributed by atoms with van der Waals surface area (Å²) in [6, 6.07) is 12.3. The molecule has 2 heterocycles. The summed E-state index contributed by atoms with van der Waals surface area (Å²) in [6.07, 6.45) is 3.11. The minimum atomic E-state index is -0.276. The van der Waals surface area contributed by atoms with Gasteiger partial charge in [-0.2, -0.15) is 5.10 Å². The van der Waals surface area contributed by atoms with Crippen LogP contribution in [-0.4, -0.2) is 20.7 Å². The van der Waals surface area contributed by atoms with Crippen LogP contribution in [0.4, 0.5) is 5.82 Å². The Morgan fingerprint density at radius 2 is 2.00 bits per heavy atom.